The van der Waals surface area contributed by atoms with E-state index in [1.54, 1.807) is 17.5 Å². The van der Waals surface area contributed by atoms with E-state index in [0.29, 0.717) is 5.95 Å². The zero-order chi connectivity index (χ0) is 9.97. The highest BCUT2D eigenvalue weighted by Gasteiger charge is 2.05. The number of thiophene rings is 1. The molecule has 2 rings (SSSR count). The highest BCUT2D eigenvalue weighted by Crippen LogP contribution is 2.27. The van der Waals surface area contributed by atoms with Gasteiger partial charge in [-0.25, -0.2) is 9.97 Å². The molecule has 0 aliphatic carbocycles. The molecule has 0 fully saturated rings. The summed E-state index contributed by atoms with van der Waals surface area (Å²) >= 11 is 1.70. The number of aromatic nitrogens is 2. The molecule has 0 saturated heterocycles. The van der Waals surface area contributed by atoms with Crippen molar-refractivity contribution in [3.63, 3.8) is 0 Å². The van der Waals surface area contributed by atoms with Crippen LogP contribution in [-0.4, -0.2) is 17.0 Å². The molecule has 2 aromatic rings. The fourth-order valence-corrected chi connectivity index (χ4v) is 2.14. The fourth-order valence-electron chi connectivity index (χ4n) is 1.24. The minimum atomic E-state index is 0.662. The van der Waals surface area contributed by atoms with E-state index < -0.39 is 0 Å². The summed E-state index contributed by atoms with van der Waals surface area (Å²) in [5.74, 6) is 0.662. The molecule has 0 aromatic carbocycles. The highest BCUT2D eigenvalue weighted by atomic mass is 32.1. The van der Waals surface area contributed by atoms with E-state index in [1.807, 2.05) is 13.1 Å². The summed E-state index contributed by atoms with van der Waals surface area (Å²) in [4.78, 5) is 9.67. The van der Waals surface area contributed by atoms with Crippen LogP contribution in [0.3, 0.4) is 0 Å². The van der Waals surface area contributed by atoms with Gasteiger partial charge in [0.1, 0.15) is 0 Å². The van der Waals surface area contributed by atoms with E-state index in [-0.39, 0.29) is 0 Å². The van der Waals surface area contributed by atoms with Crippen molar-refractivity contribution in [1.82, 2.24) is 9.97 Å². The molecule has 0 amide bonds. The van der Waals surface area contributed by atoms with Gasteiger partial charge in [0, 0.05) is 13.2 Å². The van der Waals surface area contributed by atoms with Crippen LogP contribution in [0.15, 0.2) is 23.7 Å². The topological polar surface area (TPSA) is 37.8 Å². The van der Waals surface area contributed by atoms with Crippen molar-refractivity contribution < 1.29 is 0 Å². The summed E-state index contributed by atoms with van der Waals surface area (Å²) in [7, 11) is 1.82. The third-order valence-corrected chi connectivity index (χ3v) is 3.01. The summed E-state index contributed by atoms with van der Waals surface area (Å²) in [5, 5.41) is 5.01. The van der Waals surface area contributed by atoms with Gasteiger partial charge in [-0.15, -0.1) is 11.3 Å². The van der Waals surface area contributed by atoms with Gasteiger partial charge in [0.15, 0.2) is 0 Å². The Kier molecular flexibility index (Phi) is 2.45. The largest absolute Gasteiger partial charge is 0.357 e. The second-order valence-corrected chi connectivity index (χ2v) is 3.86. The Labute approximate surface area is 86.8 Å². The predicted octanol–water partition coefficient (Wildman–Crippen LogP) is 2.56. The average molecular weight is 205 g/mol. The van der Waals surface area contributed by atoms with Crippen LogP contribution in [0.5, 0.6) is 0 Å². The number of hydrogen-bond donors (Lipinski definition) is 1. The Hall–Kier alpha value is -1.42. The second kappa shape index (κ2) is 3.75. The minimum Gasteiger partial charge on any atom is -0.357 e. The molecule has 0 radical (unpaired) electrons. The van der Waals surface area contributed by atoms with Crippen LogP contribution in [0.25, 0.3) is 10.6 Å². The van der Waals surface area contributed by atoms with E-state index in [1.165, 1.54) is 10.4 Å². The lowest BCUT2D eigenvalue weighted by Gasteiger charge is -2.01. The number of nitrogens with zero attached hydrogens (tertiary/aromatic N) is 2. The smallest absolute Gasteiger partial charge is 0.222 e. The van der Waals surface area contributed by atoms with Crippen molar-refractivity contribution >= 4 is 17.3 Å². The van der Waals surface area contributed by atoms with Gasteiger partial charge >= 0.3 is 0 Å². The van der Waals surface area contributed by atoms with E-state index in [9.17, 15) is 0 Å². The molecule has 0 bridgehead atoms. The quantitative estimate of drug-likeness (QED) is 0.818. The van der Waals surface area contributed by atoms with Crippen molar-refractivity contribution in [2.24, 2.45) is 0 Å². The Morgan fingerprint density at radius 1 is 1.36 bits per heavy atom. The van der Waals surface area contributed by atoms with Crippen LogP contribution < -0.4 is 5.32 Å². The standard InChI is InChI=1S/C10H11N3S/c1-7-4-6-14-9(7)8-3-5-12-10(11-2)13-8/h3-6H,1-2H3,(H,11,12,13). The molecule has 1 N–H and O–H groups in total. The van der Waals surface area contributed by atoms with Gasteiger partial charge < -0.3 is 5.32 Å². The highest BCUT2D eigenvalue weighted by molar-refractivity contribution is 7.13. The minimum absolute atomic E-state index is 0.662. The molecule has 2 aromatic heterocycles. The maximum atomic E-state index is 4.38. The van der Waals surface area contributed by atoms with E-state index in [2.05, 4.69) is 33.7 Å². The SMILES string of the molecule is CNc1nccc(-c2sccc2C)n1. The zero-order valence-electron chi connectivity index (χ0n) is 8.11. The summed E-state index contributed by atoms with van der Waals surface area (Å²) in [6.45, 7) is 2.09. The van der Waals surface area contributed by atoms with Gasteiger partial charge in [0.25, 0.3) is 0 Å². The van der Waals surface area contributed by atoms with Gasteiger partial charge in [-0.3, -0.25) is 0 Å². The first kappa shape index (κ1) is 9.15. The fraction of sp³-hybridized carbons (Fsp3) is 0.200. The van der Waals surface area contributed by atoms with Crippen LogP contribution in [-0.2, 0) is 0 Å². The van der Waals surface area contributed by atoms with Crippen LogP contribution in [0.1, 0.15) is 5.56 Å². The lowest BCUT2D eigenvalue weighted by molar-refractivity contribution is 1.16. The maximum Gasteiger partial charge on any atom is 0.222 e. The summed E-state index contributed by atoms with van der Waals surface area (Å²) in [6.07, 6.45) is 1.77. The first-order chi connectivity index (χ1) is 6.81. The molecule has 3 nitrogen and oxygen atoms in total. The first-order valence-electron chi connectivity index (χ1n) is 4.36. The van der Waals surface area contributed by atoms with Gasteiger partial charge in [0.2, 0.25) is 5.95 Å². The number of rotatable bonds is 2. The van der Waals surface area contributed by atoms with Crippen LogP contribution >= 0.6 is 11.3 Å². The molecule has 2 heterocycles. The Morgan fingerprint density at radius 2 is 2.21 bits per heavy atom. The monoisotopic (exact) mass is 205 g/mol. The van der Waals surface area contributed by atoms with Gasteiger partial charge in [-0.05, 0) is 30.0 Å². The molecule has 0 aliphatic rings. The van der Waals surface area contributed by atoms with Gasteiger partial charge in [0.05, 0.1) is 10.6 Å². The first-order valence-corrected chi connectivity index (χ1v) is 5.24. The van der Waals surface area contributed by atoms with E-state index in [0.717, 1.165) is 5.69 Å². The Bertz CT molecular complexity index is 436. The number of aryl methyl sites for hydroxylation is 1. The normalized spacial score (nSPS) is 10.1. The average Bonchev–Trinajstić information content (AvgIpc) is 2.65. The third-order valence-electron chi connectivity index (χ3n) is 1.97. The molecule has 0 aliphatic heterocycles. The van der Waals surface area contributed by atoms with Crippen molar-refractivity contribution in [1.29, 1.82) is 0 Å². The lowest BCUT2D eigenvalue weighted by atomic mass is 10.2. The van der Waals surface area contributed by atoms with Crippen molar-refractivity contribution in [2.45, 2.75) is 6.92 Å². The van der Waals surface area contributed by atoms with Crippen molar-refractivity contribution in [2.75, 3.05) is 12.4 Å². The lowest BCUT2D eigenvalue weighted by Crippen LogP contribution is -1.96. The third kappa shape index (κ3) is 1.61. The summed E-state index contributed by atoms with van der Waals surface area (Å²) in [6, 6.07) is 4.03. The van der Waals surface area contributed by atoms with Crippen molar-refractivity contribution in [3.05, 3.63) is 29.3 Å². The van der Waals surface area contributed by atoms with E-state index >= 15 is 0 Å². The molecule has 0 spiro atoms. The Morgan fingerprint density at radius 3 is 2.86 bits per heavy atom. The molecular formula is C10H11N3S. The second-order valence-electron chi connectivity index (χ2n) is 2.95. The predicted molar refractivity (Wildman–Crippen MR) is 59.6 cm³/mol. The van der Waals surface area contributed by atoms with Crippen molar-refractivity contribution in [3.8, 4) is 10.6 Å². The number of nitrogens with one attached hydrogen (secondary N) is 1. The van der Waals surface area contributed by atoms with Gasteiger partial charge in [-0.2, -0.15) is 0 Å². The molecule has 72 valence electrons. The summed E-state index contributed by atoms with van der Waals surface area (Å²) in [5.41, 5.74) is 2.24. The summed E-state index contributed by atoms with van der Waals surface area (Å²) < 4.78 is 0. The number of anilines is 1. The zero-order valence-corrected chi connectivity index (χ0v) is 8.93. The molecule has 4 heteroatoms. The molecule has 0 saturated carbocycles. The molecular weight excluding hydrogens is 194 g/mol. The van der Waals surface area contributed by atoms with Crippen LogP contribution in [0.2, 0.25) is 0 Å². The maximum absolute atomic E-state index is 4.38. The van der Waals surface area contributed by atoms with Crippen LogP contribution in [0, 0.1) is 6.92 Å². The van der Waals surface area contributed by atoms with Crippen LogP contribution in [0.4, 0.5) is 5.95 Å². The number of hydrogen-bond acceptors (Lipinski definition) is 4. The Balaban J connectivity index is 2.47. The molecule has 14 heavy (non-hydrogen) atoms. The molecule has 0 unspecified atom stereocenters. The van der Waals surface area contributed by atoms with E-state index in [4.69, 9.17) is 0 Å². The molecule has 0 atom stereocenters. The van der Waals surface area contributed by atoms with Gasteiger partial charge in [-0.1, -0.05) is 0 Å².